The molecule has 2 saturated heterocycles. The lowest BCUT2D eigenvalue weighted by Crippen LogP contribution is -2.52. The van der Waals surface area contributed by atoms with Crippen LogP contribution in [0.5, 0.6) is 0 Å². The maximum absolute atomic E-state index is 12.8. The lowest BCUT2D eigenvalue weighted by molar-refractivity contribution is 0.0654. The van der Waals surface area contributed by atoms with Crippen LogP contribution < -0.4 is 5.32 Å². The number of carbonyl (C=O) groups excluding carboxylic acids is 2. The van der Waals surface area contributed by atoms with E-state index < -0.39 is 0 Å². The molecule has 0 aliphatic carbocycles. The Morgan fingerprint density at radius 3 is 2.43 bits per heavy atom. The Bertz CT molecular complexity index is 837. The predicted octanol–water partition coefficient (Wildman–Crippen LogP) is 3.01. The summed E-state index contributed by atoms with van der Waals surface area (Å²) in [5, 5.41) is 3.30. The van der Waals surface area contributed by atoms with E-state index in [0.29, 0.717) is 17.1 Å². The molecule has 148 valence electrons. The van der Waals surface area contributed by atoms with Crippen molar-refractivity contribution >= 4 is 11.8 Å². The van der Waals surface area contributed by atoms with E-state index in [1.54, 1.807) is 6.07 Å². The average Bonchev–Trinajstić information content (AvgIpc) is 3.24. The van der Waals surface area contributed by atoms with Crippen LogP contribution in [0, 0.1) is 0 Å². The molecule has 0 unspecified atom stereocenters. The smallest absolute Gasteiger partial charge is 0.289 e. The van der Waals surface area contributed by atoms with E-state index >= 15 is 0 Å². The minimum Gasteiger partial charge on any atom is -0.451 e. The molecule has 28 heavy (non-hydrogen) atoms. The molecule has 1 aromatic heterocycles. The van der Waals surface area contributed by atoms with Gasteiger partial charge in [0.15, 0.2) is 5.76 Å². The normalized spacial score (nSPS) is 20.2. The summed E-state index contributed by atoms with van der Waals surface area (Å²) < 4.78 is 5.82. The second kappa shape index (κ2) is 8.19. The second-order valence-electron chi connectivity index (χ2n) is 7.65. The fourth-order valence-corrected chi connectivity index (χ4v) is 3.95. The molecule has 2 aliphatic heterocycles. The van der Waals surface area contributed by atoms with Gasteiger partial charge in [-0.2, -0.15) is 0 Å². The maximum Gasteiger partial charge on any atom is 0.289 e. The third-order valence-corrected chi connectivity index (χ3v) is 5.64. The number of rotatable bonds is 3. The van der Waals surface area contributed by atoms with Gasteiger partial charge in [-0.25, -0.2) is 0 Å². The summed E-state index contributed by atoms with van der Waals surface area (Å²) in [6.45, 7) is 6.04. The highest BCUT2D eigenvalue weighted by molar-refractivity contribution is 5.95. The summed E-state index contributed by atoms with van der Waals surface area (Å²) in [6.07, 6.45) is 3.30. The molecule has 0 radical (unpaired) electrons. The van der Waals surface area contributed by atoms with E-state index in [2.05, 4.69) is 12.2 Å². The first kappa shape index (κ1) is 18.7. The van der Waals surface area contributed by atoms with E-state index in [4.69, 9.17) is 4.42 Å². The Kier molecular flexibility index (Phi) is 5.48. The summed E-state index contributed by atoms with van der Waals surface area (Å²) in [4.78, 5) is 29.1. The Balaban J connectivity index is 1.46. The molecule has 6 heteroatoms. The van der Waals surface area contributed by atoms with Crippen molar-refractivity contribution in [2.24, 2.45) is 0 Å². The van der Waals surface area contributed by atoms with Gasteiger partial charge in [0.2, 0.25) is 0 Å². The summed E-state index contributed by atoms with van der Waals surface area (Å²) in [5.74, 6) is 1.05. The molecular weight excluding hydrogens is 354 g/mol. The number of benzene rings is 1. The summed E-state index contributed by atoms with van der Waals surface area (Å²) in [5.41, 5.74) is 1.54. The first-order chi connectivity index (χ1) is 13.6. The number of likely N-dealkylation sites (tertiary alicyclic amines) is 1. The first-order valence-corrected chi connectivity index (χ1v) is 10.1. The molecule has 1 atom stereocenters. The van der Waals surface area contributed by atoms with Crippen LogP contribution in [0.15, 0.2) is 40.8 Å². The van der Waals surface area contributed by atoms with Gasteiger partial charge in [0.25, 0.3) is 11.8 Å². The van der Waals surface area contributed by atoms with Crippen molar-refractivity contribution in [1.82, 2.24) is 15.1 Å². The van der Waals surface area contributed by atoms with Gasteiger partial charge in [0.1, 0.15) is 5.76 Å². The summed E-state index contributed by atoms with van der Waals surface area (Å²) in [6, 6.07) is 11.2. The number of hydrogen-bond donors (Lipinski definition) is 1. The third-order valence-electron chi connectivity index (χ3n) is 5.64. The molecule has 2 fully saturated rings. The van der Waals surface area contributed by atoms with Crippen molar-refractivity contribution in [2.45, 2.75) is 32.2 Å². The molecule has 0 saturated carbocycles. The van der Waals surface area contributed by atoms with Crippen LogP contribution in [-0.4, -0.2) is 60.4 Å². The molecule has 0 spiro atoms. The summed E-state index contributed by atoms with van der Waals surface area (Å²) in [7, 11) is 0. The van der Waals surface area contributed by atoms with Gasteiger partial charge >= 0.3 is 0 Å². The molecule has 1 aromatic carbocycles. The largest absolute Gasteiger partial charge is 0.451 e. The van der Waals surface area contributed by atoms with Crippen LogP contribution in [0.3, 0.4) is 0 Å². The van der Waals surface area contributed by atoms with Gasteiger partial charge < -0.3 is 19.5 Å². The van der Waals surface area contributed by atoms with Crippen molar-refractivity contribution < 1.29 is 14.0 Å². The minimum absolute atomic E-state index is 0.0366. The van der Waals surface area contributed by atoms with Gasteiger partial charge in [0, 0.05) is 49.9 Å². The van der Waals surface area contributed by atoms with Crippen LogP contribution in [0.2, 0.25) is 0 Å². The van der Waals surface area contributed by atoms with E-state index in [0.717, 1.165) is 51.1 Å². The number of piperidine rings is 1. The van der Waals surface area contributed by atoms with E-state index in [-0.39, 0.29) is 17.9 Å². The highest BCUT2D eigenvalue weighted by Gasteiger charge is 2.24. The number of amides is 2. The Morgan fingerprint density at radius 1 is 0.964 bits per heavy atom. The molecule has 2 amide bonds. The molecule has 2 aromatic rings. The van der Waals surface area contributed by atoms with E-state index in [1.807, 2.05) is 40.1 Å². The van der Waals surface area contributed by atoms with Crippen LogP contribution >= 0.6 is 0 Å². The number of hydrogen-bond acceptors (Lipinski definition) is 4. The quantitative estimate of drug-likeness (QED) is 0.888. The lowest BCUT2D eigenvalue weighted by atomic mass is 10.1. The van der Waals surface area contributed by atoms with Crippen LogP contribution in [0.1, 0.15) is 47.1 Å². The molecule has 3 heterocycles. The van der Waals surface area contributed by atoms with Gasteiger partial charge in [-0.15, -0.1) is 0 Å². The molecule has 0 bridgehead atoms. The molecular formula is C22H27N3O3. The second-order valence-corrected chi connectivity index (χ2v) is 7.65. The summed E-state index contributed by atoms with van der Waals surface area (Å²) >= 11 is 0. The Labute approximate surface area is 165 Å². The van der Waals surface area contributed by atoms with Gasteiger partial charge in [-0.05, 0) is 50.5 Å². The van der Waals surface area contributed by atoms with Crippen molar-refractivity contribution in [3.63, 3.8) is 0 Å². The van der Waals surface area contributed by atoms with E-state index in [9.17, 15) is 9.59 Å². The van der Waals surface area contributed by atoms with Gasteiger partial charge in [-0.1, -0.05) is 12.1 Å². The van der Waals surface area contributed by atoms with Gasteiger partial charge in [0.05, 0.1) is 0 Å². The van der Waals surface area contributed by atoms with Gasteiger partial charge in [-0.3, -0.25) is 9.59 Å². The average molecular weight is 381 g/mol. The third kappa shape index (κ3) is 3.83. The Morgan fingerprint density at radius 2 is 1.71 bits per heavy atom. The van der Waals surface area contributed by atoms with Crippen LogP contribution in [-0.2, 0) is 0 Å². The standard InChI is InChI=1S/C22H27N3O3/c1-16-15-23-11-14-25(16)21(26)18-7-5-17(6-8-18)19-9-10-20(28-19)22(27)24-12-3-2-4-13-24/h5-10,16,23H,2-4,11-15H2,1H3/t16-/m0/s1. The van der Waals surface area contributed by atoms with Crippen LogP contribution in [0.25, 0.3) is 11.3 Å². The molecule has 4 rings (SSSR count). The first-order valence-electron chi connectivity index (χ1n) is 10.1. The molecule has 6 nitrogen and oxygen atoms in total. The van der Waals surface area contributed by atoms with Crippen molar-refractivity contribution in [3.05, 3.63) is 47.7 Å². The van der Waals surface area contributed by atoms with Crippen molar-refractivity contribution in [2.75, 3.05) is 32.7 Å². The zero-order valence-corrected chi connectivity index (χ0v) is 16.3. The SMILES string of the molecule is C[C@H]1CNCCN1C(=O)c1ccc(-c2ccc(C(=O)N3CCCCC3)o2)cc1. The fourth-order valence-electron chi connectivity index (χ4n) is 3.95. The highest BCUT2D eigenvalue weighted by atomic mass is 16.4. The van der Waals surface area contributed by atoms with Crippen molar-refractivity contribution in [3.8, 4) is 11.3 Å². The number of furan rings is 1. The fraction of sp³-hybridized carbons (Fsp3) is 0.455. The number of nitrogens with zero attached hydrogens (tertiary/aromatic N) is 2. The van der Waals surface area contributed by atoms with Crippen molar-refractivity contribution in [1.29, 1.82) is 0 Å². The molecule has 1 N–H and O–H groups in total. The zero-order valence-electron chi connectivity index (χ0n) is 16.3. The number of carbonyl (C=O) groups is 2. The maximum atomic E-state index is 12.8. The zero-order chi connectivity index (χ0) is 19.5. The number of nitrogens with one attached hydrogen (secondary N) is 1. The molecule has 2 aliphatic rings. The van der Waals surface area contributed by atoms with E-state index in [1.165, 1.54) is 6.42 Å². The minimum atomic E-state index is -0.0366. The monoisotopic (exact) mass is 381 g/mol. The Hall–Kier alpha value is -2.60. The van der Waals surface area contributed by atoms with Crippen LogP contribution in [0.4, 0.5) is 0 Å². The predicted molar refractivity (Wildman–Crippen MR) is 107 cm³/mol. The lowest BCUT2D eigenvalue weighted by Gasteiger charge is -2.34. The highest BCUT2D eigenvalue weighted by Crippen LogP contribution is 2.25. The number of piperazine rings is 1. The topological polar surface area (TPSA) is 65.8 Å².